The molecule has 0 bridgehead atoms. The highest BCUT2D eigenvalue weighted by Gasteiger charge is 2.53. The van der Waals surface area contributed by atoms with Crippen molar-refractivity contribution < 1.29 is 41.8 Å². The summed E-state index contributed by atoms with van der Waals surface area (Å²) in [6, 6.07) is 2.92. The van der Waals surface area contributed by atoms with Gasteiger partial charge in [0, 0.05) is 10.6 Å². The lowest BCUT2D eigenvalue weighted by Gasteiger charge is -2.30. The largest absolute Gasteiger partial charge is 0.475 e. The minimum Gasteiger partial charge on any atom is -0.475 e. The summed E-state index contributed by atoms with van der Waals surface area (Å²) in [5, 5.41) is 2.68. The first-order chi connectivity index (χ1) is 15.4. The van der Waals surface area contributed by atoms with Gasteiger partial charge >= 0.3 is 12.1 Å². The van der Waals surface area contributed by atoms with Gasteiger partial charge in [0.2, 0.25) is 6.10 Å². The zero-order valence-electron chi connectivity index (χ0n) is 17.8. The van der Waals surface area contributed by atoms with E-state index < -0.39 is 53.7 Å². The Balaban J connectivity index is 1.61. The lowest BCUT2D eigenvalue weighted by Crippen LogP contribution is -2.42. The molecule has 8 nitrogen and oxygen atoms in total. The number of ether oxygens (including phenoxy) is 4. The van der Waals surface area contributed by atoms with Gasteiger partial charge in [-0.3, -0.25) is 0 Å². The molecule has 0 radical (unpaired) electrons. The molecule has 4 rings (SSSR count). The van der Waals surface area contributed by atoms with Gasteiger partial charge in [0.15, 0.2) is 17.5 Å². The molecular formula is C21H21ClF3NO7. The highest BCUT2D eigenvalue weighted by molar-refractivity contribution is 6.31. The fourth-order valence-corrected chi connectivity index (χ4v) is 4.54. The highest BCUT2D eigenvalue weighted by atomic mass is 35.5. The summed E-state index contributed by atoms with van der Waals surface area (Å²) >= 11 is 6.34. The topological polar surface area (TPSA) is 92.7 Å². The molecule has 12 heteroatoms. The van der Waals surface area contributed by atoms with Crippen LogP contribution in [0.3, 0.4) is 0 Å². The lowest BCUT2D eigenvalue weighted by atomic mass is 9.85. The van der Waals surface area contributed by atoms with Crippen LogP contribution < -0.4 is 4.74 Å². The van der Waals surface area contributed by atoms with Crippen molar-refractivity contribution in [2.45, 2.75) is 62.9 Å². The summed E-state index contributed by atoms with van der Waals surface area (Å²) in [4.78, 5) is 27.8. The Hall–Kier alpha value is -2.37. The van der Waals surface area contributed by atoms with Gasteiger partial charge in [-0.15, -0.1) is 4.91 Å². The third kappa shape index (κ3) is 4.53. The van der Waals surface area contributed by atoms with Crippen molar-refractivity contribution in [1.82, 2.24) is 0 Å². The molecule has 5 unspecified atom stereocenters. The quantitative estimate of drug-likeness (QED) is 0.355. The predicted molar refractivity (Wildman–Crippen MR) is 109 cm³/mol. The van der Waals surface area contributed by atoms with E-state index in [0.29, 0.717) is 10.6 Å². The van der Waals surface area contributed by atoms with Crippen molar-refractivity contribution in [1.29, 1.82) is 0 Å². The molecular weight excluding hydrogens is 471 g/mol. The zero-order valence-corrected chi connectivity index (χ0v) is 18.6. The maximum atomic E-state index is 13.8. The number of esters is 1. The molecule has 0 N–H and O–H groups in total. The molecule has 0 aliphatic carbocycles. The Labute approximate surface area is 191 Å². The van der Waals surface area contributed by atoms with Gasteiger partial charge in [0.1, 0.15) is 18.0 Å². The standard InChI is InChI=1S/C21H21ClF3NO7/c1-20(2,3)11-6-13-9(5-12(11)22)4-10(18(31-13)21(23,24)25)19(27)32-14-7-29-17-15(33-26-28)8-30-16(14)17/h4-6,14-18H,7-8H2,1-3H3. The number of benzene rings is 1. The van der Waals surface area contributed by atoms with Gasteiger partial charge in [-0.1, -0.05) is 32.4 Å². The molecule has 1 aromatic carbocycles. The molecule has 0 aromatic heterocycles. The summed E-state index contributed by atoms with van der Waals surface area (Å²) in [5.41, 5.74) is -0.327. The van der Waals surface area contributed by atoms with Gasteiger partial charge in [0.05, 0.1) is 18.8 Å². The van der Waals surface area contributed by atoms with E-state index in [-0.39, 0.29) is 24.5 Å². The van der Waals surface area contributed by atoms with E-state index >= 15 is 0 Å². The number of rotatable bonds is 4. The molecule has 3 aliphatic rings. The van der Waals surface area contributed by atoms with Crippen LogP contribution in [-0.4, -0.2) is 55.9 Å². The smallest absolute Gasteiger partial charge is 0.430 e. The van der Waals surface area contributed by atoms with E-state index in [1.165, 1.54) is 12.1 Å². The van der Waals surface area contributed by atoms with E-state index in [1.807, 2.05) is 20.8 Å². The summed E-state index contributed by atoms with van der Waals surface area (Å²) < 4.78 is 62.9. The lowest BCUT2D eigenvalue weighted by molar-refractivity contribution is -0.189. The van der Waals surface area contributed by atoms with Crippen LogP contribution in [0.15, 0.2) is 23.0 Å². The minimum absolute atomic E-state index is 0.0336. The molecule has 0 saturated carbocycles. The second-order valence-corrected chi connectivity index (χ2v) is 9.42. The molecule has 3 aliphatic heterocycles. The fourth-order valence-electron chi connectivity index (χ4n) is 4.08. The summed E-state index contributed by atoms with van der Waals surface area (Å²) in [5.74, 6) is -1.26. The van der Waals surface area contributed by atoms with Crippen LogP contribution in [0.1, 0.15) is 31.9 Å². The summed E-state index contributed by atoms with van der Waals surface area (Å²) in [6.45, 7) is 5.43. The molecule has 0 amide bonds. The van der Waals surface area contributed by atoms with E-state index in [9.17, 15) is 22.9 Å². The number of alkyl halides is 3. The van der Waals surface area contributed by atoms with Crippen molar-refractivity contribution in [2.24, 2.45) is 5.34 Å². The van der Waals surface area contributed by atoms with E-state index in [4.69, 9.17) is 30.5 Å². The molecule has 180 valence electrons. The fraction of sp³-hybridized carbons (Fsp3) is 0.571. The molecule has 33 heavy (non-hydrogen) atoms. The molecule has 1 aromatic rings. The highest BCUT2D eigenvalue weighted by Crippen LogP contribution is 2.42. The number of hydrogen-bond donors (Lipinski definition) is 0. The second-order valence-electron chi connectivity index (χ2n) is 9.02. The Bertz CT molecular complexity index is 991. The zero-order chi connectivity index (χ0) is 24.1. The predicted octanol–water partition coefficient (Wildman–Crippen LogP) is 4.12. The Morgan fingerprint density at radius 2 is 1.76 bits per heavy atom. The molecule has 5 atom stereocenters. The van der Waals surface area contributed by atoms with Crippen molar-refractivity contribution in [3.05, 3.63) is 38.8 Å². The van der Waals surface area contributed by atoms with E-state index in [1.54, 1.807) is 0 Å². The van der Waals surface area contributed by atoms with Crippen molar-refractivity contribution in [2.75, 3.05) is 13.2 Å². The average molecular weight is 492 g/mol. The van der Waals surface area contributed by atoms with E-state index in [2.05, 4.69) is 10.2 Å². The van der Waals surface area contributed by atoms with Crippen LogP contribution in [0.4, 0.5) is 13.2 Å². The molecule has 0 spiro atoms. The maximum absolute atomic E-state index is 13.8. The third-order valence-corrected chi connectivity index (χ3v) is 5.99. The van der Waals surface area contributed by atoms with Gasteiger partial charge in [-0.25, -0.2) is 4.79 Å². The first-order valence-corrected chi connectivity index (χ1v) is 10.5. The monoisotopic (exact) mass is 491 g/mol. The van der Waals surface area contributed by atoms with Crippen LogP contribution >= 0.6 is 11.6 Å². The SMILES string of the molecule is CC(C)(C)c1cc2c(cc1Cl)C=C(C(=O)OC1COC3C(ON=O)COC13)C(C(F)(F)F)O2. The van der Waals surface area contributed by atoms with Gasteiger partial charge < -0.3 is 23.8 Å². The molecule has 2 saturated heterocycles. The average Bonchev–Trinajstić information content (AvgIpc) is 3.28. The van der Waals surface area contributed by atoms with Gasteiger partial charge in [-0.05, 0) is 29.2 Å². The van der Waals surface area contributed by atoms with Crippen LogP contribution in [0.5, 0.6) is 5.75 Å². The molecule has 2 fully saturated rings. The van der Waals surface area contributed by atoms with E-state index in [0.717, 1.165) is 6.08 Å². The summed E-state index contributed by atoms with van der Waals surface area (Å²) in [7, 11) is 0. The van der Waals surface area contributed by atoms with Crippen LogP contribution in [-0.2, 0) is 29.3 Å². The Kier molecular flexibility index (Phi) is 6.08. The Morgan fingerprint density at radius 1 is 1.12 bits per heavy atom. The van der Waals surface area contributed by atoms with Crippen LogP contribution in [0.2, 0.25) is 5.02 Å². The third-order valence-electron chi connectivity index (χ3n) is 5.68. The first kappa shape index (κ1) is 23.8. The molecule has 3 heterocycles. The van der Waals surface area contributed by atoms with Crippen molar-refractivity contribution in [3.63, 3.8) is 0 Å². The van der Waals surface area contributed by atoms with Crippen LogP contribution in [0.25, 0.3) is 6.08 Å². The number of hydrogen-bond acceptors (Lipinski definition) is 8. The van der Waals surface area contributed by atoms with Crippen molar-refractivity contribution in [3.8, 4) is 5.75 Å². The number of fused-ring (bicyclic) bond motifs is 2. The van der Waals surface area contributed by atoms with Gasteiger partial charge in [-0.2, -0.15) is 13.2 Å². The normalized spacial score (nSPS) is 28.9. The number of nitrogens with zero attached hydrogens (tertiary/aromatic N) is 1. The van der Waals surface area contributed by atoms with Crippen LogP contribution in [0, 0.1) is 4.91 Å². The number of carbonyl (C=O) groups is 1. The minimum atomic E-state index is -4.88. The van der Waals surface area contributed by atoms with Gasteiger partial charge in [0.25, 0.3) is 0 Å². The number of carbonyl (C=O) groups excluding carboxylic acids is 1. The van der Waals surface area contributed by atoms with Crippen molar-refractivity contribution >= 4 is 23.6 Å². The number of halogens is 4. The maximum Gasteiger partial charge on any atom is 0.430 e. The Morgan fingerprint density at radius 3 is 2.36 bits per heavy atom. The summed E-state index contributed by atoms with van der Waals surface area (Å²) in [6.07, 6.45) is -9.64. The second kappa shape index (κ2) is 8.44. The first-order valence-electron chi connectivity index (χ1n) is 10.1.